The van der Waals surface area contributed by atoms with Crippen LogP contribution in [0.4, 0.5) is 0 Å². The summed E-state index contributed by atoms with van der Waals surface area (Å²) in [5, 5.41) is 6.19. The second-order valence-electron chi connectivity index (χ2n) is 7.50. The number of thioether (sulfide) groups is 1. The van der Waals surface area contributed by atoms with Gasteiger partial charge in [-0.15, -0.1) is 23.1 Å². The molecule has 0 atom stereocenters. The normalized spacial score (nSPS) is 10.9. The number of amides is 1. The standard InChI is InChI=1S/C24H28N2O2S2/c1-17(2)14-28-21-10-8-19(9-11-21)12-13-25-24(27)22-6-4-5-7-23(22)30-16-20-15-29-18(3)26-20/h4-11,15,17H,12-14,16H2,1-3H3,(H,25,27). The van der Waals surface area contributed by atoms with Gasteiger partial charge in [0.2, 0.25) is 0 Å². The summed E-state index contributed by atoms with van der Waals surface area (Å²) in [4.78, 5) is 18.2. The predicted molar refractivity (Wildman–Crippen MR) is 126 cm³/mol. The Hall–Kier alpha value is -2.31. The van der Waals surface area contributed by atoms with Crippen molar-refractivity contribution >= 4 is 29.0 Å². The van der Waals surface area contributed by atoms with E-state index in [4.69, 9.17) is 4.74 Å². The summed E-state index contributed by atoms with van der Waals surface area (Å²) < 4.78 is 5.72. The Morgan fingerprint density at radius 2 is 1.93 bits per heavy atom. The number of aryl methyl sites for hydroxylation is 1. The van der Waals surface area contributed by atoms with Crippen LogP contribution >= 0.6 is 23.1 Å². The van der Waals surface area contributed by atoms with Gasteiger partial charge in [0.25, 0.3) is 5.91 Å². The maximum Gasteiger partial charge on any atom is 0.252 e. The number of carbonyl (C=O) groups excluding carboxylic acids is 1. The van der Waals surface area contributed by atoms with E-state index in [2.05, 4.69) is 41.7 Å². The van der Waals surface area contributed by atoms with Crippen molar-refractivity contribution in [1.82, 2.24) is 10.3 Å². The fraction of sp³-hybridized carbons (Fsp3) is 0.333. The Kier molecular flexibility index (Phi) is 8.34. The van der Waals surface area contributed by atoms with Crippen LogP contribution in [0.5, 0.6) is 5.75 Å². The first-order valence-corrected chi connectivity index (χ1v) is 12.0. The number of nitrogens with zero attached hydrogens (tertiary/aromatic N) is 1. The van der Waals surface area contributed by atoms with Gasteiger partial charge in [-0.25, -0.2) is 4.98 Å². The van der Waals surface area contributed by atoms with Crippen molar-refractivity contribution in [2.24, 2.45) is 5.92 Å². The highest BCUT2D eigenvalue weighted by molar-refractivity contribution is 7.98. The Labute approximate surface area is 187 Å². The van der Waals surface area contributed by atoms with Gasteiger partial charge in [-0.05, 0) is 49.1 Å². The second kappa shape index (κ2) is 11.2. The summed E-state index contributed by atoms with van der Waals surface area (Å²) >= 11 is 3.30. The molecule has 6 heteroatoms. The third-order valence-electron chi connectivity index (χ3n) is 4.38. The minimum Gasteiger partial charge on any atom is -0.493 e. The van der Waals surface area contributed by atoms with E-state index >= 15 is 0 Å². The second-order valence-corrected chi connectivity index (χ2v) is 9.58. The maximum absolute atomic E-state index is 12.7. The molecule has 1 amide bonds. The van der Waals surface area contributed by atoms with Crippen LogP contribution < -0.4 is 10.1 Å². The van der Waals surface area contributed by atoms with E-state index in [0.29, 0.717) is 18.0 Å². The number of nitrogens with one attached hydrogen (secondary N) is 1. The molecule has 1 N–H and O–H groups in total. The van der Waals surface area contributed by atoms with Crippen LogP contribution in [0.15, 0.2) is 58.8 Å². The van der Waals surface area contributed by atoms with Crippen LogP contribution in [0.1, 0.15) is 40.5 Å². The van der Waals surface area contributed by atoms with E-state index in [1.165, 1.54) is 5.56 Å². The van der Waals surface area contributed by atoms with Gasteiger partial charge in [0.15, 0.2) is 0 Å². The van der Waals surface area contributed by atoms with Crippen LogP contribution in [0.3, 0.4) is 0 Å². The lowest BCUT2D eigenvalue weighted by atomic mass is 10.1. The molecular weight excluding hydrogens is 412 g/mol. The highest BCUT2D eigenvalue weighted by atomic mass is 32.2. The molecule has 2 aromatic carbocycles. The molecule has 0 saturated carbocycles. The summed E-state index contributed by atoms with van der Waals surface area (Å²) in [6.45, 7) is 7.58. The summed E-state index contributed by atoms with van der Waals surface area (Å²) in [5.74, 6) is 2.12. The maximum atomic E-state index is 12.7. The molecule has 1 heterocycles. The lowest BCUT2D eigenvalue weighted by molar-refractivity contribution is 0.0951. The lowest BCUT2D eigenvalue weighted by Gasteiger charge is -2.11. The SMILES string of the molecule is Cc1nc(CSc2ccccc2C(=O)NCCc2ccc(OCC(C)C)cc2)cs1. The topological polar surface area (TPSA) is 51.2 Å². The molecule has 0 bridgehead atoms. The number of hydrogen-bond donors (Lipinski definition) is 1. The Balaban J connectivity index is 1.50. The number of thiazole rings is 1. The van der Waals surface area contributed by atoms with Crippen LogP contribution in [-0.4, -0.2) is 24.0 Å². The third kappa shape index (κ3) is 6.89. The molecule has 158 valence electrons. The van der Waals surface area contributed by atoms with Gasteiger partial charge in [0.1, 0.15) is 5.75 Å². The van der Waals surface area contributed by atoms with Crippen molar-refractivity contribution in [1.29, 1.82) is 0 Å². The van der Waals surface area contributed by atoms with Gasteiger partial charge in [0, 0.05) is 22.6 Å². The fourth-order valence-electron chi connectivity index (χ4n) is 2.84. The number of ether oxygens (including phenoxy) is 1. The molecule has 3 rings (SSSR count). The molecule has 0 aliphatic heterocycles. The van der Waals surface area contributed by atoms with Crippen LogP contribution in [0, 0.1) is 12.8 Å². The number of hydrogen-bond acceptors (Lipinski definition) is 5. The molecule has 0 unspecified atom stereocenters. The van der Waals surface area contributed by atoms with Gasteiger partial charge in [-0.1, -0.05) is 38.1 Å². The number of rotatable bonds is 10. The zero-order chi connectivity index (χ0) is 21.3. The Morgan fingerprint density at radius 1 is 1.17 bits per heavy atom. The molecule has 3 aromatic rings. The van der Waals surface area contributed by atoms with Gasteiger partial charge in [-0.3, -0.25) is 4.79 Å². The van der Waals surface area contributed by atoms with Crippen LogP contribution in [0.25, 0.3) is 0 Å². The zero-order valence-corrected chi connectivity index (χ0v) is 19.3. The molecule has 30 heavy (non-hydrogen) atoms. The van der Waals surface area contributed by atoms with Crippen molar-refractivity contribution in [3.05, 3.63) is 75.7 Å². The molecule has 4 nitrogen and oxygen atoms in total. The molecule has 0 spiro atoms. The minimum atomic E-state index is -0.0376. The van der Waals surface area contributed by atoms with E-state index in [1.807, 2.05) is 43.3 Å². The highest BCUT2D eigenvalue weighted by Crippen LogP contribution is 2.26. The van der Waals surface area contributed by atoms with Gasteiger partial charge >= 0.3 is 0 Å². The third-order valence-corrected chi connectivity index (χ3v) is 6.31. The summed E-state index contributed by atoms with van der Waals surface area (Å²) in [5.41, 5.74) is 2.94. The van der Waals surface area contributed by atoms with Crippen molar-refractivity contribution in [3.8, 4) is 5.75 Å². The average molecular weight is 441 g/mol. The largest absolute Gasteiger partial charge is 0.493 e. The molecule has 1 aromatic heterocycles. The quantitative estimate of drug-likeness (QED) is 0.408. The minimum absolute atomic E-state index is 0.0376. The monoisotopic (exact) mass is 440 g/mol. The average Bonchev–Trinajstić information content (AvgIpc) is 3.17. The first-order valence-electron chi connectivity index (χ1n) is 10.1. The number of benzene rings is 2. The van der Waals surface area contributed by atoms with E-state index < -0.39 is 0 Å². The van der Waals surface area contributed by atoms with E-state index in [-0.39, 0.29) is 5.91 Å². The number of aromatic nitrogens is 1. The molecule has 0 saturated heterocycles. The summed E-state index contributed by atoms with van der Waals surface area (Å²) in [7, 11) is 0. The predicted octanol–water partition coefficient (Wildman–Crippen LogP) is 5.75. The fourth-order valence-corrected chi connectivity index (χ4v) is 4.50. The van der Waals surface area contributed by atoms with Crippen molar-refractivity contribution < 1.29 is 9.53 Å². The van der Waals surface area contributed by atoms with Crippen LogP contribution in [-0.2, 0) is 12.2 Å². The van der Waals surface area contributed by atoms with Gasteiger partial charge < -0.3 is 10.1 Å². The Morgan fingerprint density at radius 3 is 2.63 bits per heavy atom. The highest BCUT2D eigenvalue weighted by Gasteiger charge is 2.12. The molecule has 0 fully saturated rings. The smallest absolute Gasteiger partial charge is 0.252 e. The van der Waals surface area contributed by atoms with Gasteiger partial charge in [-0.2, -0.15) is 0 Å². The van der Waals surface area contributed by atoms with Crippen molar-refractivity contribution in [3.63, 3.8) is 0 Å². The van der Waals surface area contributed by atoms with E-state index in [0.717, 1.165) is 40.1 Å². The van der Waals surface area contributed by atoms with Crippen molar-refractivity contribution in [2.75, 3.05) is 13.2 Å². The lowest BCUT2D eigenvalue weighted by Crippen LogP contribution is -2.26. The van der Waals surface area contributed by atoms with E-state index in [1.54, 1.807) is 23.1 Å². The summed E-state index contributed by atoms with van der Waals surface area (Å²) in [6, 6.07) is 15.8. The molecule has 0 aliphatic rings. The zero-order valence-electron chi connectivity index (χ0n) is 17.7. The first kappa shape index (κ1) is 22.4. The summed E-state index contributed by atoms with van der Waals surface area (Å²) in [6.07, 6.45) is 0.781. The van der Waals surface area contributed by atoms with E-state index in [9.17, 15) is 4.79 Å². The van der Waals surface area contributed by atoms with Crippen molar-refractivity contribution in [2.45, 2.75) is 37.8 Å². The molecule has 0 radical (unpaired) electrons. The van der Waals surface area contributed by atoms with Gasteiger partial charge in [0.05, 0.1) is 22.9 Å². The molecule has 0 aliphatic carbocycles. The first-order chi connectivity index (χ1) is 14.5. The molecular formula is C24H28N2O2S2. The number of carbonyl (C=O) groups is 1. The Bertz CT molecular complexity index is 952. The van der Waals surface area contributed by atoms with Crippen LogP contribution in [0.2, 0.25) is 0 Å².